The first-order chi connectivity index (χ1) is 16.0. The van der Waals surface area contributed by atoms with Gasteiger partial charge in [0.15, 0.2) is 0 Å². The number of hydrogen-bond acceptors (Lipinski definition) is 5. The molecule has 0 unspecified atom stereocenters. The van der Waals surface area contributed by atoms with E-state index in [1.54, 1.807) is 0 Å². The van der Waals surface area contributed by atoms with E-state index < -0.39 is 22.7 Å². The Morgan fingerprint density at radius 1 is 1.00 bits per heavy atom. The topological polar surface area (TPSA) is 119 Å². The van der Waals surface area contributed by atoms with Gasteiger partial charge in [-0.1, -0.05) is 66.4 Å². The number of carboxylic acid groups (broad SMARTS) is 1. The molecule has 0 heterocycles. The number of aromatic carboxylic acids is 1. The van der Waals surface area contributed by atoms with Crippen LogP contribution in [-0.4, -0.2) is 35.2 Å². The minimum Gasteiger partial charge on any atom is -0.478 e. The number of nitro groups is 1. The summed E-state index contributed by atoms with van der Waals surface area (Å²) in [5.41, 5.74) is 3.50. The summed E-state index contributed by atoms with van der Waals surface area (Å²) in [6.07, 6.45) is -0.688. The monoisotopic (exact) mass is 442 g/mol. The third-order valence-corrected chi connectivity index (χ3v) is 5.35. The average molecular weight is 442 g/mol. The van der Waals surface area contributed by atoms with E-state index >= 15 is 0 Å². The largest absolute Gasteiger partial charge is 0.478 e. The lowest BCUT2D eigenvalue weighted by atomic mass is 9.98. The van der Waals surface area contributed by atoms with E-state index in [0.717, 1.165) is 22.3 Å². The molecule has 4 rings (SSSR count). The van der Waals surface area contributed by atoms with Crippen LogP contribution >= 0.6 is 0 Å². The summed E-state index contributed by atoms with van der Waals surface area (Å²) >= 11 is 0. The SMILES string of the molecule is O=C(NCC#Cc1c(C(=O)O)cccc1[N+](=O)[O-])OCC1c2ccccc2-c2ccccc21. The zero-order valence-corrected chi connectivity index (χ0v) is 17.3. The zero-order valence-electron chi connectivity index (χ0n) is 17.3. The molecule has 8 heteroatoms. The predicted molar refractivity (Wildman–Crippen MR) is 120 cm³/mol. The number of carboxylic acids is 1. The number of hydrogen-bond donors (Lipinski definition) is 2. The molecule has 1 aliphatic rings. The van der Waals surface area contributed by atoms with Crippen LogP contribution in [0.3, 0.4) is 0 Å². The Morgan fingerprint density at radius 2 is 1.64 bits per heavy atom. The van der Waals surface area contributed by atoms with Crippen LogP contribution in [0.25, 0.3) is 11.1 Å². The fourth-order valence-electron chi connectivity index (χ4n) is 3.90. The number of amides is 1. The van der Waals surface area contributed by atoms with Crippen LogP contribution in [0.2, 0.25) is 0 Å². The molecule has 33 heavy (non-hydrogen) atoms. The van der Waals surface area contributed by atoms with E-state index in [2.05, 4.69) is 17.2 Å². The number of alkyl carbamates (subject to hydrolysis) is 1. The highest BCUT2D eigenvalue weighted by atomic mass is 16.6. The van der Waals surface area contributed by atoms with Crippen molar-refractivity contribution >= 4 is 17.7 Å². The van der Waals surface area contributed by atoms with Crippen LogP contribution in [0.1, 0.15) is 33.0 Å². The molecule has 0 bridgehead atoms. The maximum absolute atomic E-state index is 12.2. The lowest BCUT2D eigenvalue weighted by molar-refractivity contribution is -0.385. The fourth-order valence-corrected chi connectivity index (χ4v) is 3.90. The Kier molecular flexibility index (Phi) is 6.04. The second-order valence-corrected chi connectivity index (χ2v) is 7.24. The number of nitro benzene ring substituents is 1. The van der Waals surface area contributed by atoms with Gasteiger partial charge in [0.2, 0.25) is 0 Å². The highest BCUT2D eigenvalue weighted by Crippen LogP contribution is 2.44. The van der Waals surface area contributed by atoms with Crippen molar-refractivity contribution in [2.75, 3.05) is 13.2 Å². The normalized spacial score (nSPS) is 11.5. The summed E-state index contributed by atoms with van der Waals surface area (Å²) in [5.74, 6) is 3.62. The molecule has 1 amide bonds. The number of nitrogens with zero attached hydrogens (tertiary/aromatic N) is 1. The number of ether oxygens (including phenoxy) is 1. The van der Waals surface area contributed by atoms with Crippen molar-refractivity contribution in [2.24, 2.45) is 0 Å². The molecule has 3 aromatic rings. The molecule has 0 spiro atoms. The van der Waals surface area contributed by atoms with Crippen molar-refractivity contribution in [3.8, 4) is 23.0 Å². The Bertz CT molecular complexity index is 1240. The maximum atomic E-state index is 12.2. The second-order valence-electron chi connectivity index (χ2n) is 7.24. The van der Waals surface area contributed by atoms with Crippen LogP contribution < -0.4 is 5.32 Å². The summed E-state index contributed by atoms with van der Waals surface area (Å²) in [5, 5.41) is 22.9. The lowest BCUT2D eigenvalue weighted by Gasteiger charge is -2.14. The van der Waals surface area contributed by atoms with Crippen LogP contribution in [0.15, 0.2) is 66.7 Å². The number of rotatable bonds is 5. The fraction of sp³-hybridized carbons (Fsp3) is 0.120. The second kappa shape index (κ2) is 9.24. The van der Waals surface area contributed by atoms with Gasteiger partial charge in [-0.3, -0.25) is 10.1 Å². The molecule has 0 fully saturated rings. The van der Waals surface area contributed by atoms with Crippen molar-refractivity contribution in [3.05, 3.63) is 99.1 Å². The number of fused-ring (bicyclic) bond motifs is 3. The van der Waals surface area contributed by atoms with Gasteiger partial charge in [0, 0.05) is 12.0 Å². The molecular weight excluding hydrogens is 424 g/mol. The Labute approximate surface area is 189 Å². The third kappa shape index (κ3) is 4.38. The summed E-state index contributed by atoms with van der Waals surface area (Å²) in [6.45, 7) is -0.0254. The minimum absolute atomic E-state index is 0.0840. The molecule has 0 aliphatic heterocycles. The van der Waals surface area contributed by atoms with Gasteiger partial charge >= 0.3 is 12.1 Å². The molecule has 0 saturated heterocycles. The van der Waals surface area contributed by atoms with Gasteiger partial charge in [0.05, 0.1) is 17.0 Å². The Morgan fingerprint density at radius 3 is 2.24 bits per heavy atom. The number of carbonyl (C=O) groups is 2. The smallest absolute Gasteiger partial charge is 0.407 e. The van der Waals surface area contributed by atoms with Gasteiger partial charge in [-0.15, -0.1) is 0 Å². The molecule has 0 saturated carbocycles. The Balaban J connectivity index is 1.41. The van der Waals surface area contributed by atoms with Crippen molar-refractivity contribution in [3.63, 3.8) is 0 Å². The maximum Gasteiger partial charge on any atom is 0.407 e. The highest BCUT2D eigenvalue weighted by molar-refractivity contribution is 5.92. The van der Waals surface area contributed by atoms with E-state index in [1.807, 2.05) is 48.5 Å². The molecule has 8 nitrogen and oxygen atoms in total. The summed E-state index contributed by atoms with van der Waals surface area (Å²) < 4.78 is 5.40. The predicted octanol–water partition coefficient (Wildman–Crippen LogP) is 4.18. The van der Waals surface area contributed by atoms with Crippen LogP contribution in [0.4, 0.5) is 10.5 Å². The van der Waals surface area contributed by atoms with E-state index in [4.69, 9.17) is 4.74 Å². The van der Waals surface area contributed by atoms with Crippen molar-refractivity contribution < 1.29 is 24.4 Å². The van der Waals surface area contributed by atoms with Crippen molar-refractivity contribution in [1.29, 1.82) is 0 Å². The van der Waals surface area contributed by atoms with E-state index in [9.17, 15) is 24.8 Å². The van der Waals surface area contributed by atoms with Gasteiger partial charge < -0.3 is 15.2 Å². The van der Waals surface area contributed by atoms with Crippen molar-refractivity contribution in [2.45, 2.75) is 5.92 Å². The number of benzene rings is 3. The first kappa shape index (κ1) is 21.6. The quantitative estimate of drug-likeness (QED) is 0.348. The molecular formula is C25H18N2O6. The summed E-state index contributed by atoms with van der Waals surface area (Å²) in [4.78, 5) is 34.0. The van der Waals surface area contributed by atoms with Crippen LogP contribution in [0.5, 0.6) is 0 Å². The van der Waals surface area contributed by atoms with Crippen LogP contribution in [0, 0.1) is 22.0 Å². The minimum atomic E-state index is -1.33. The van der Waals surface area contributed by atoms with E-state index in [0.29, 0.717) is 0 Å². The molecule has 2 N–H and O–H groups in total. The van der Waals surface area contributed by atoms with E-state index in [-0.39, 0.29) is 30.2 Å². The first-order valence-corrected chi connectivity index (χ1v) is 10.1. The molecule has 1 aliphatic carbocycles. The Hall–Kier alpha value is -4.64. The first-order valence-electron chi connectivity index (χ1n) is 10.1. The van der Waals surface area contributed by atoms with E-state index in [1.165, 1.54) is 18.2 Å². The van der Waals surface area contributed by atoms with Gasteiger partial charge in [-0.05, 0) is 28.3 Å². The van der Waals surface area contributed by atoms with Gasteiger partial charge in [-0.2, -0.15) is 0 Å². The zero-order chi connectivity index (χ0) is 23.4. The van der Waals surface area contributed by atoms with Crippen molar-refractivity contribution in [1.82, 2.24) is 5.32 Å². The van der Waals surface area contributed by atoms with Gasteiger partial charge in [0.1, 0.15) is 12.2 Å². The molecule has 0 aromatic heterocycles. The lowest BCUT2D eigenvalue weighted by Crippen LogP contribution is -2.26. The average Bonchev–Trinajstić information content (AvgIpc) is 3.14. The van der Waals surface area contributed by atoms with Crippen LogP contribution in [-0.2, 0) is 4.74 Å². The standard InChI is InChI=1S/C25H18N2O6/c28-24(29)21-11-5-13-23(27(31)32)20(21)12-6-14-26-25(30)33-15-22-18-9-3-1-7-16(18)17-8-2-4-10-19(17)22/h1-5,7-11,13,22H,14-15H2,(H,26,30)(H,28,29). The number of carbonyl (C=O) groups excluding carboxylic acids is 1. The number of nitrogens with one attached hydrogen (secondary N) is 1. The highest BCUT2D eigenvalue weighted by Gasteiger charge is 2.29. The van der Waals surface area contributed by atoms with Gasteiger partial charge in [0.25, 0.3) is 5.69 Å². The molecule has 3 aromatic carbocycles. The third-order valence-electron chi connectivity index (χ3n) is 5.35. The molecule has 164 valence electrons. The van der Waals surface area contributed by atoms with Gasteiger partial charge in [-0.25, -0.2) is 9.59 Å². The summed E-state index contributed by atoms with van der Waals surface area (Å²) in [6, 6.07) is 19.6. The molecule has 0 radical (unpaired) electrons. The summed E-state index contributed by atoms with van der Waals surface area (Å²) in [7, 11) is 0. The molecule has 0 atom stereocenters.